The zero-order chi connectivity index (χ0) is 46.2. The number of hydrogen-bond acceptors (Lipinski definition) is 6. The van der Waals surface area contributed by atoms with Crippen molar-refractivity contribution in [3.63, 3.8) is 0 Å². The van der Waals surface area contributed by atoms with Gasteiger partial charge in [-0.25, -0.2) is 0 Å². The maximum absolute atomic E-state index is 9.07. The van der Waals surface area contributed by atoms with Crippen molar-refractivity contribution < 1.29 is 18.9 Å². The van der Waals surface area contributed by atoms with Crippen LogP contribution in [0.15, 0.2) is 256 Å². The monoisotopic (exact) mass is 946 g/mol. The minimum Gasteiger partial charge on any atom is -0.456 e. The highest BCUT2D eigenvalue weighted by atomic mass is 79.9. The lowest BCUT2D eigenvalue weighted by molar-refractivity contribution is 0.425. The quantitative estimate of drug-likeness (QED) is 0.113. The average Bonchev–Trinajstić information content (AvgIpc) is 3.96. The summed E-state index contributed by atoms with van der Waals surface area (Å²) in [5, 5.41) is 29.4. The average molecular weight is 948 g/mol. The zero-order valence-electron chi connectivity index (χ0n) is 36.8. The molecule has 0 bridgehead atoms. The van der Waals surface area contributed by atoms with E-state index in [1.54, 1.807) is 12.1 Å². The van der Waals surface area contributed by atoms with Crippen molar-refractivity contribution in [2.75, 3.05) is 10.6 Å². The molecular weight excluding hydrogens is 903 g/mol. The Morgan fingerprint density at radius 3 is 1.10 bits per heavy atom. The van der Waals surface area contributed by atoms with Gasteiger partial charge < -0.3 is 29.5 Å². The van der Waals surface area contributed by atoms with E-state index in [0.717, 1.165) is 76.6 Å². The van der Waals surface area contributed by atoms with E-state index in [-0.39, 0.29) is 0 Å². The molecule has 0 amide bonds. The van der Waals surface area contributed by atoms with E-state index < -0.39 is 7.12 Å². The molecule has 10 aromatic carbocycles. The van der Waals surface area contributed by atoms with Gasteiger partial charge in [-0.1, -0.05) is 168 Å². The number of rotatable bonds is 8. The number of fused-ring (bicyclic) bond motifs is 6. The Morgan fingerprint density at radius 2 is 0.647 bits per heavy atom. The van der Waals surface area contributed by atoms with Gasteiger partial charge in [0.2, 0.25) is 0 Å². The van der Waals surface area contributed by atoms with Gasteiger partial charge in [0, 0.05) is 48.8 Å². The van der Waals surface area contributed by atoms with Crippen LogP contribution in [0.2, 0.25) is 0 Å². The number of furan rings is 2. The topological polar surface area (TPSA) is 90.8 Å². The molecule has 6 nitrogen and oxygen atoms in total. The lowest BCUT2D eigenvalue weighted by Gasteiger charge is -2.09. The maximum atomic E-state index is 9.07. The second-order valence-electron chi connectivity index (χ2n) is 16.3. The molecule has 0 aliphatic rings. The molecule has 0 aliphatic heterocycles. The van der Waals surface area contributed by atoms with Gasteiger partial charge in [0.1, 0.15) is 22.3 Å². The van der Waals surface area contributed by atoms with E-state index in [4.69, 9.17) is 18.9 Å². The minimum atomic E-state index is -1.46. The number of para-hydroxylation sites is 2. The molecule has 328 valence electrons. The summed E-state index contributed by atoms with van der Waals surface area (Å²) in [4.78, 5) is 0. The van der Waals surface area contributed by atoms with Crippen LogP contribution in [0.3, 0.4) is 0 Å². The highest BCUT2D eigenvalue weighted by Gasteiger charge is 2.14. The molecular formula is C60H44BBrN2O4. The molecule has 0 fully saturated rings. The summed E-state index contributed by atoms with van der Waals surface area (Å²) >= 11 is 3.44. The second kappa shape index (κ2) is 20.2. The predicted octanol–water partition coefficient (Wildman–Crippen LogP) is 15.8. The maximum Gasteiger partial charge on any atom is 0.488 e. The smallest absolute Gasteiger partial charge is 0.456 e. The van der Waals surface area contributed by atoms with Gasteiger partial charge in [-0.05, 0) is 130 Å². The van der Waals surface area contributed by atoms with Gasteiger partial charge in [0.25, 0.3) is 0 Å². The van der Waals surface area contributed by atoms with E-state index in [1.165, 1.54) is 22.3 Å². The van der Waals surface area contributed by atoms with Gasteiger partial charge in [0.05, 0.1) is 0 Å². The molecule has 2 aromatic heterocycles. The Morgan fingerprint density at radius 1 is 0.309 bits per heavy atom. The Bertz CT molecular complexity index is 3580. The Kier molecular flexibility index (Phi) is 13.0. The van der Waals surface area contributed by atoms with Crippen LogP contribution in [0.1, 0.15) is 0 Å². The lowest BCUT2D eigenvalue weighted by Crippen LogP contribution is -2.29. The lowest BCUT2D eigenvalue weighted by atomic mass is 9.80. The first-order valence-corrected chi connectivity index (χ1v) is 23.1. The van der Waals surface area contributed by atoms with Crippen molar-refractivity contribution in [1.29, 1.82) is 0 Å². The van der Waals surface area contributed by atoms with E-state index >= 15 is 0 Å². The number of hydrogen-bond donors (Lipinski definition) is 4. The number of benzene rings is 10. The third-order valence-electron chi connectivity index (χ3n) is 11.7. The summed E-state index contributed by atoms with van der Waals surface area (Å²) < 4.78 is 12.8. The van der Waals surface area contributed by atoms with Crippen LogP contribution in [-0.2, 0) is 0 Å². The fourth-order valence-corrected chi connectivity index (χ4v) is 8.44. The molecule has 8 heteroatoms. The van der Waals surface area contributed by atoms with Crippen molar-refractivity contribution in [1.82, 2.24) is 0 Å². The summed E-state index contributed by atoms with van der Waals surface area (Å²) in [5.74, 6) is 0. The highest BCUT2D eigenvalue weighted by Crippen LogP contribution is 2.33. The molecule has 0 aliphatic carbocycles. The van der Waals surface area contributed by atoms with Crippen LogP contribution in [-0.4, -0.2) is 17.2 Å². The third kappa shape index (κ3) is 10.1. The highest BCUT2D eigenvalue weighted by molar-refractivity contribution is 9.10. The molecule has 4 N–H and O–H groups in total. The number of anilines is 4. The summed E-state index contributed by atoms with van der Waals surface area (Å²) in [7, 11) is -1.46. The van der Waals surface area contributed by atoms with Crippen molar-refractivity contribution in [3.05, 3.63) is 247 Å². The van der Waals surface area contributed by atoms with Gasteiger partial charge in [-0.15, -0.1) is 0 Å². The predicted molar refractivity (Wildman–Crippen MR) is 287 cm³/mol. The van der Waals surface area contributed by atoms with Crippen LogP contribution in [0.5, 0.6) is 0 Å². The minimum absolute atomic E-state index is 0.437. The molecule has 0 atom stereocenters. The largest absolute Gasteiger partial charge is 0.488 e. The van der Waals surface area contributed by atoms with E-state index in [2.05, 4.69) is 184 Å². The third-order valence-corrected chi connectivity index (χ3v) is 12.2. The van der Waals surface area contributed by atoms with Crippen LogP contribution in [0, 0.1) is 0 Å². The molecule has 2 heterocycles. The zero-order valence-corrected chi connectivity index (χ0v) is 38.3. The molecule has 0 saturated heterocycles. The molecule has 12 rings (SSSR count). The van der Waals surface area contributed by atoms with Crippen LogP contribution in [0.25, 0.3) is 77.3 Å². The summed E-state index contributed by atoms with van der Waals surface area (Å²) in [6.45, 7) is 0. The van der Waals surface area contributed by atoms with E-state index in [0.29, 0.717) is 11.0 Å². The van der Waals surface area contributed by atoms with Crippen molar-refractivity contribution in [3.8, 4) is 33.4 Å². The molecule has 0 radical (unpaired) electrons. The molecule has 0 unspecified atom stereocenters. The van der Waals surface area contributed by atoms with E-state index in [1.807, 2.05) is 72.8 Å². The van der Waals surface area contributed by atoms with Crippen molar-refractivity contribution in [2.24, 2.45) is 0 Å². The first-order valence-electron chi connectivity index (χ1n) is 22.3. The molecule has 12 aromatic rings. The second-order valence-corrected chi connectivity index (χ2v) is 17.2. The Hall–Kier alpha value is -8.14. The number of halogens is 1. The van der Waals surface area contributed by atoms with Gasteiger partial charge in [-0.3, -0.25) is 0 Å². The summed E-state index contributed by atoms with van der Waals surface area (Å²) in [5.41, 5.74) is 15.3. The van der Waals surface area contributed by atoms with Gasteiger partial charge in [0.15, 0.2) is 0 Å². The fourth-order valence-electron chi connectivity index (χ4n) is 8.17. The van der Waals surface area contributed by atoms with Crippen LogP contribution in [0.4, 0.5) is 22.7 Å². The Balaban J connectivity index is 0.000000128. The van der Waals surface area contributed by atoms with E-state index in [9.17, 15) is 0 Å². The molecule has 68 heavy (non-hydrogen) atoms. The Labute approximate surface area is 403 Å². The van der Waals surface area contributed by atoms with Crippen LogP contribution < -0.4 is 16.1 Å². The fraction of sp³-hybridized carbons (Fsp3) is 0. The summed E-state index contributed by atoms with van der Waals surface area (Å²) in [6, 6.07) is 82.0. The normalized spacial score (nSPS) is 10.9. The van der Waals surface area contributed by atoms with Crippen molar-refractivity contribution in [2.45, 2.75) is 0 Å². The van der Waals surface area contributed by atoms with Gasteiger partial charge >= 0.3 is 7.12 Å². The molecule has 0 spiro atoms. The molecule has 0 saturated carbocycles. The van der Waals surface area contributed by atoms with Gasteiger partial charge in [-0.2, -0.15) is 0 Å². The summed E-state index contributed by atoms with van der Waals surface area (Å²) in [6.07, 6.45) is 0. The number of nitrogens with one attached hydrogen (secondary N) is 2. The van der Waals surface area contributed by atoms with Crippen molar-refractivity contribution >= 4 is 95.1 Å². The first-order chi connectivity index (χ1) is 33.4. The standard InChI is InChI=1S/C30H21NO.C18H14BrN.C12H9BO3/c1-2-6-21(7-3-1)22-10-15-25(16-11-22)31-26-17-12-23(13-18-26)24-14-19-28-27-8-4-5-9-29(27)32-30(28)20-24;19-16-8-12-18(13-9-16)20-17-10-6-15(7-11-17)14-4-2-1-3-5-14;14-13(15)8-5-6-10-9-3-1-2-4-11(9)16-12(10)7-8/h1-20,31H;1-13,20H;1-7,14-15H. The van der Waals surface area contributed by atoms with Crippen LogP contribution >= 0.6 is 15.9 Å². The SMILES string of the molecule is Brc1ccc(Nc2ccc(-c3ccccc3)cc2)cc1.OB(O)c1ccc2c(c1)oc1ccccc12.c1ccc(-c2ccc(Nc3ccc(-c4ccc5c(c4)oc4ccccc45)cc3)cc2)cc1. The first kappa shape index (κ1) is 43.7.